The maximum absolute atomic E-state index is 12.1. The van der Waals surface area contributed by atoms with Gasteiger partial charge >= 0.3 is 0 Å². The molecule has 3 nitrogen and oxygen atoms in total. The number of likely N-dealkylation sites (N-methyl/N-ethyl adjacent to an activating group) is 1. The average Bonchev–Trinajstić information content (AvgIpc) is 2.36. The SMILES string of the molecule is CCN(CCNC(=O)c1cc(Cl)ccc1I)C(C)C. The first-order chi connectivity index (χ1) is 8.95. The van der Waals surface area contributed by atoms with Crippen LogP contribution >= 0.6 is 34.2 Å². The molecule has 0 aliphatic carbocycles. The van der Waals surface area contributed by atoms with E-state index in [9.17, 15) is 4.79 Å². The van der Waals surface area contributed by atoms with E-state index in [1.54, 1.807) is 12.1 Å². The molecule has 0 aliphatic rings. The van der Waals surface area contributed by atoms with Crippen molar-refractivity contribution in [1.29, 1.82) is 0 Å². The molecule has 0 heterocycles. The highest BCUT2D eigenvalue weighted by Gasteiger charge is 2.11. The normalized spacial score (nSPS) is 11.1. The predicted molar refractivity (Wildman–Crippen MR) is 88.9 cm³/mol. The van der Waals surface area contributed by atoms with Gasteiger partial charge in [0.15, 0.2) is 0 Å². The molecule has 1 aromatic rings. The minimum Gasteiger partial charge on any atom is -0.351 e. The minimum atomic E-state index is -0.0632. The summed E-state index contributed by atoms with van der Waals surface area (Å²) < 4.78 is 0.913. The second-order valence-electron chi connectivity index (χ2n) is 4.60. The summed E-state index contributed by atoms with van der Waals surface area (Å²) in [6.07, 6.45) is 0. The molecule has 106 valence electrons. The average molecular weight is 395 g/mol. The molecule has 0 aromatic heterocycles. The van der Waals surface area contributed by atoms with Gasteiger partial charge < -0.3 is 5.32 Å². The molecule has 1 aromatic carbocycles. The topological polar surface area (TPSA) is 32.3 Å². The van der Waals surface area contributed by atoms with Crippen LogP contribution < -0.4 is 5.32 Å². The Balaban J connectivity index is 2.54. The number of amides is 1. The van der Waals surface area contributed by atoms with Gasteiger partial charge in [-0.2, -0.15) is 0 Å². The van der Waals surface area contributed by atoms with Crippen molar-refractivity contribution < 1.29 is 4.79 Å². The monoisotopic (exact) mass is 394 g/mol. The second kappa shape index (κ2) is 8.07. The van der Waals surface area contributed by atoms with Gasteiger partial charge in [0.25, 0.3) is 5.91 Å². The fraction of sp³-hybridized carbons (Fsp3) is 0.500. The largest absolute Gasteiger partial charge is 0.351 e. The maximum atomic E-state index is 12.1. The number of halogens is 2. The molecular weight excluding hydrogens is 375 g/mol. The van der Waals surface area contributed by atoms with Gasteiger partial charge in [0.05, 0.1) is 5.56 Å². The molecule has 0 radical (unpaired) electrons. The summed E-state index contributed by atoms with van der Waals surface area (Å²) in [5.74, 6) is -0.0632. The van der Waals surface area contributed by atoms with Gasteiger partial charge in [0.2, 0.25) is 0 Å². The van der Waals surface area contributed by atoms with E-state index in [-0.39, 0.29) is 5.91 Å². The van der Waals surface area contributed by atoms with Gasteiger partial charge in [0.1, 0.15) is 0 Å². The van der Waals surface area contributed by atoms with Gasteiger partial charge in [-0.05, 0) is 61.2 Å². The molecule has 0 fully saturated rings. The van der Waals surface area contributed by atoms with E-state index < -0.39 is 0 Å². The first-order valence-corrected chi connectivity index (χ1v) is 7.88. The van der Waals surface area contributed by atoms with Crippen LogP contribution in [0, 0.1) is 3.57 Å². The Hall–Kier alpha value is -0.330. The van der Waals surface area contributed by atoms with E-state index in [4.69, 9.17) is 11.6 Å². The Labute approximate surface area is 133 Å². The fourth-order valence-corrected chi connectivity index (χ4v) is 2.61. The summed E-state index contributed by atoms with van der Waals surface area (Å²) in [5, 5.41) is 3.53. The lowest BCUT2D eigenvalue weighted by Gasteiger charge is -2.24. The Morgan fingerprint density at radius 3 is 2.74 bits per heavy atom. The van der Waals surface area contributed by atoms with Crippen molar-refractivity contribution in [2.45, 2.75) is 26.8 Å². The lowest BCUT2D eigenvalue weighted by atomic mass is 10.2. The molecule has 0 aliphatic heterocycles. The molecule has 0 unspecified atom stereocenters. The maximum Gasteiger partial charge on any atom is 0.252 e. The number of hydrogen-bond acceptors (Lipinski definition) is 2. The van der Waals surface area contributed by atoms with Gasteiger partial charge in [-0.15, -0.1) is 0 Å². The molecule has 0 saturated carbocycles. The van der Waals surface area contributed by atoms with Crippen molar-refractivity contribution in [2.75, 3.05) is 19.6 Å². The van der Waals surface area contributed by atoms with E-state index in [0.29, 0.717) is 23.2 Å². The van der Waals surface area contributed by atoms with Crippen LogP contribution in [0.3, 0.4) is 0 Å². The summed E-state index contributed by atoms with van der Waals surface area (Å²) in [7, 11) is 0. The van der Waals surface area contributed by atoms with E-state index in [1.807, 2.05) is 6.07 Å². The Kier molecular flexibility index (Phi) is 7.10. The molecule has 5 heteroatoms. The van der Waals surface area contributed by atoms with E-state index in [2.05, 4.69) is 53.6 Å². The molecular formula is C14H20ClIN2O. The summed E-state index contributed by atoms with van der Waals surface area (Å²) in [4.78, 5) is 14.4. The number of nitrogens with zero attached hydrogens (tertiary/aromatic N) is 1. The first kappa shape index (κ1) is 16.7. The zero-order chi connectivity index (χ0) is 14.4. The number of carbonyl (C=O) groups excluding carboxylic acids is 1. The number of rotatable bonds is 6. The van der Waals surface area contributed by atoms with E-state index in [1.165, 1.54) is 0 Å². The van der Waals surface area contributed by atoms with Crippen molar-refractivity contribution in [2.24, 2.45) is 0 Å². The van der Waals surface area contributed by atoms with E-state index in [0.717, 1.165) is 16.7 Å². The molecule has 1 amide bonds. The van der Waals surface area contributed by atoms with Crippen LogP contribution in [0.2, 0.25) is 5.02 Å². The van der Waals surface area contributed by atoms with Crippen molar-refractivity contribution in [1.82, 2.24) is 10.2 Å². The predicted octanol–water partition coefficient (Wildman–Crippen LogP) is 3.40. The molecule has 0 spiro atoms. The van der Waals surface area contributed by atoms with Crippen LogP contribution in [0.5, 0.6) is 0 Å². The first-order valence-electron chi connectivity index (χ1n) is 6.43. The molecule has 0 bridgehead atoms. The van der Waals surface area contributed by atoms with Crippen LogP contribution in [0.15, 0.2) is 18.2 Å². The smallest absolute Gasteiger partial charge is 0.252 e. The lowest BCUT2D eigenvalue weighted by molar-refractivity contribution is 0.0945. The van der Waals surface area contributed by atoms with E-state index >= 15 is 0 Å². The fourth-order valence-electron chi connectivity index (χ4n) is 1.86. The highest BCUT2D eigenvalue weighted by Crippen LogP contribution is 2.17. The summed E-state index contributed by atoms with van der Waals surface area (Å²) in [6, 6.07) is 5.84. The zero-order valence-corrected chi connectivity index (χ0v) is 14.5. The van der Waals surface area contributed by atoms with Crippen LogP contribution in [0.25, 0.3) is 0 Å². The molecule has 1 N–H and O–H groups in total. The molecule has 0 atom stereocenters. The van der Waals surface area contributed by atoms with Crippen molar-refractivity contribution >= 4 is 40.1 Å². The third-order valence-electron chi connectivity index (χ3n) is 2.99. The Bertz CT molecular complexity index is 437. The second-order valence-corrected chi connectivity index (χ2v) is 6.20. The van der Waals surface area contributed by atoms with Gasteiger partial charge in [-0.25, -0.2) is 0 Å². The summed E-state index contributed by atoms with van der Waals surface area (Å²) in [6.45, 7) is 8.94. The van der Waals surface area contributed by atoms with Gasteiger partial charge in [-0.1, -0.05) is 18.5 Å². The molecule has 1 rings (SSSR count). The quantitative estimate of drug-likeness (QED) is 0.750. The van der Waals surface area contributed by atoms with Crippen molar-refractivity contribution in [3.8, 4) is 0 Å². The Morgan fingerprint density at radius 1 is 1.47 bits per heavy atom. The highest BCUT2D eigenvalue weighted by molar-refractivity contribution is 14.1. The zero-order valence-electron chi connectivity index (χ0n) is 11.5. The van der Waals surface area contributed by atoms with Crippen LogP contribution in [-0.4, -0.2) is 36.5 Å². The number of nitrogens with one attached hydrogen (secondary N) is 1. The molecule has 19 heavy (non-hydrogen) atoms. The lowest BCUT2D eigenvalue weighted by Crippen LogP contribution is -2.38. The summed E-state index contributed by atoms with van der Waals surface area (Å²) in [5.41, 5.74) is 0.640. The number of benzene rings is 1. The standard InChI is InChI=1S/C14H20ClIN2O/c1-4-18(10(2)3)8-7-17-14(19)12-9-11(15)5-6-13(12)16/h5-6,9-10H,4,7-8H2,1-3H3,(H,17,19). The van der Waals surface area contributed by atoms with Crippen molar-refractivity contribution in [3.05, 3.63) is 32.4 Å². The van der Waals surface area contributed by atoms with Crippen LogP contribution in [0.1, 0.15) is 31.1 Å². The van der Waals surface area contributed by atoms with Gasteiger partial charge in [0, 0.05) is 27.7 Å². The minimum absolute atomic E-state index is 0.0632. The van der Waals surface area contributed by atoms with Gasteiger partial charge in [-0.3, -0.25) is 9.69 Å². The number of hydrogen-bond donors (Lipinski definition) is 1. The van der Waals surface area contributed by atoms with Crippen LogP contribution in [0.4, 0.5) is 0 Å². The third-order valence-corrected chi connectivity index (χ3v) is 4.17. The van der Waals surface area contributed by atoms with Crippen molar-refractivity contribution in [3.63, 3.8) is 0 Å². The molecule has 0 saturated heterocycles. The third kappa shape index (κ3) is 5.28. The summed E-state index contributed by atoms with van der Waals surface area (Å²) >= 11 is 8.06. The number of carbonyl (C=O) groups is 1. The Morgan fingerprint density at radius 2 is 2.16 bits per heavy atom. The highest BCUT2D eigenvalue weighted by atomic mass is 127. The van der Waals surface area contributed by atoms with Crippen LogP contribution in [-0.2, 0) is 0 Å².